The van der Waals surface area contributed by atoms with Crippen LogP contribution in [-0.4, -0.2) is 29.0 Å². The molecule has 0 saturated carbocycles. The maximum absolute atomic E-state index is 13.8. The minimum absolute atomic E-state index is 0.0649. The number of benzene rings is 3. The first-order valence-electron chi connectivity index (χ1n) is 9.72. The average molecular weight is 421 g/mol. The Morgan fingerprint density at radius 3 is 2.43 bits per heavy atom. The van der Waals surface area contributed by atoms with Gasteiger partial charge in [-0.3, -0.25) is 9.59 Å². The molecule has 0 bridgehead atoms. The Hall–Kier alpha value is -3.12. The molecule has 1 atom stereocenters. The van der Waals surface area contributed by atoms with E-state index in [0.29, 0.717) is 17.9 Å². The molecule has 4 nitrogen and oxygen atoms in total. The molecule has 2 amide bonds. The fourth-order valence-electron chi connectivity index (χ4n) is 3.42. The number of para-hydroxylation sites is 1. The summed E-state index contributed by atoms with van der Waals surface area (Å²) < 4.78 is 13.8. The minimum Gasteiger partial charge on any atom is -0.326 e. The van der Waals surface area contributed by atoms with Crippen LogP contribution in [0.3, 0.4) is 0 Å². The largest absolute Gasteiger partial charge is 0.326 e. The predicted octanol–water partition coefficient (Wildman–Crippen LogP) is 4.89. The van der Waals surface area contributed by atoms with E-state index in [1.165, 1.54) is 17.7 Å². The van der Waals surface area contributed by atoms with Crippen molar-refractivity contribution in [3.63, 3.8) is 0 Å². The molecule has 0 aromatic heterocycles. The number of hydrogen-bond donors (Lipinski definition) is 1. The molecule has 152 valence electrons. The summed E-state index contributed by atoms with van der Waals surface area (Å²) in [6, 6.07) is 23.3. The topological polar surface area (TPSA) is 49.4 Å². The van der Waals surface area contributed by atoms with Crippen LogP contribution in [0.1, 0.15) is 26.9 Å². The Morgan fingerprint density at radius 1 is 1.00 bits per heavy atom. The molecule has 3 aromatic carbocycles. The number of rotatable bonds is 6. The van der Waals surface area contributed by atoms with E-state index in [0.717, 1.165) is 12.0 Å². The van der Waals surface area contributed by atoms with Gasteiger partial charge in [-0.15, -0.1) is 11.8 Å². The van der Waals surface area contributed by atoms with Crippen molar-refractivity contribution >= 4 is 29.3 Å². The van der Waals surface area contributed by atoms with Crippen LogP contribution in [0.4, 0.5) is 10.1 Å². The van der Waals surface area contributed by atoms with E-state index in [9.17, 15) is 14.0 Å². The number of carbonyl (C=O) groups is 2. The second-order valence-corrected chi connectivity index (χ2v) is 8.11. The number of nitrogens with one attached hydrogen (secondary N) is 1. The summed E-state index contributed by atoms with van der Waals surface area (Å²) in [7, 11) is 0. The molecule has 0 aliphatic carbocycles. The lowest BCUT2D eigenvalue weighted by Gasteiger charge is -2.24. The van der Waals surface area contributed by atoms with Crippen molar-refractivity contribution in [3.8, 4) is 0 Å². The summed E-state index contributed by atoms with van der Waals surface area (Å²) in [5.41, 5.74) is 2.75. The van der Waals surface area contributed by atoms with Gasteiger partial charge in [0.25, 0.3) is 5.91 Å². The number of amides is 2. The van der Waals surface area contributed by atoms with E-state index < -0.39 is 5.82 Å². The Morgan fingerprint density at radius 2 is 1.70 bits per heavy atom. The zero-order valence-electron chi connectivity index (χ0n) is 16.3. The zero-order chi connectivity index (χ0) is 20.9. The third-order valence-electron chi connectivity index (χ3n) is 5.03. The molecule has 1 aliphatic rings. The molecule has 0 spiro atoms. The van der Waals surface area contributed by atoms with E-state index in [2.05, 4.69) is 17.4 Å². The van der Waals surface area contributed by atoms with Gasteiger partial charge in [-0.05, 0) is 41.8 Å². The van der Waals surface area contributed by atoms with Crippen molar-refractivity contribution in [1.29, 1.82) is 0 Å². The highest BCUT2D eigenvalue weighted by Crippen LogP contribution is 2.38. The smallest absolute Gasteiger partial charge is 0.255 e. The minimum atomic E-state index is -0.475. The summed E-state index contributed by atoms with van der Waals surface area (Å²) in [6.07, 6.45) is 0.798. The first kappa shape index (κ1) is 20.2. The Bertz CT molecular complexity index is 1040. The lowest BCUT2D eigenvalue weighted by molar-refractivity contribution is -0.128. The molecule has 30 heavy (non-hydrogen) atoms. The van der Waals surface area contributed by atoms with E-state index >= 15 is 0 Å². The van der Waals surface area contributed by atoms with Crippen LogP contribution in [0, 0.1) is 5.82 Å². The number of hydrogen-bond acceptors (Lipinski definition) is 3. The molecule has 0 unspecified atom stereocenters. The summed E-state index contributed by atoms with van der Waals surface area (Å²) in [4.78, 5) is 26.7. The van der Waals surface area contributed by atoms with E-state index in [-0.39, 0.29) is 22.9 Å². The Balaban J connectivity index is 1.44. The highest BCUT2D eigenvalue weighted by molar-refractivity contribution is 8.00. The van der Waals surface area contributed by atoms with Crippen molar-refractivity contribution in [2.75, 3.05) is 17.6 Å². The van der Waals surface area contributed by atoms with Gasteiger partial charge in [-0.2, -0.15) is 0 Å². The van der Waals surface area contributed by atoms with Gasteiger partial charge in [0.2, 0.25) is 5.91 Å². The van der Waals surface area contributed by atoms with Gasteiger partial charge in [0.15, 0.2) is 0 Å². The van der Waals surface area contributed by atoms with E-state index in [1.54, 1.807) is 36.0 Å². The second-order valence-electron chi connectivity index (χ2n) is 7.04. The van der Waals surface area contributed by atoms with Crippen molar-refractivity contribution < 1.29 is 14.0 Å². The molecule has 4 rings (SSSR count). The summed E-state index contributed by atoms with van der Waals surface area (Å²) in [6.45, 7) is 0.649. The first-order valence-corrected chi connectivity index (χ1v) is 10.8. The van der Waals surface area contributed by atoms with Crippen LogP contribution in [-0.2, 0) is 11.2 Å². The van der Waals surface area contributed by atoms with E-state index in [4.69, 9.17) is 0 Å². The maximum Gasteiger partial charge on any atom is 0.255 e. The summed E-state index contributed by atoms with van der Waals surface area (Å²) in [5.74, 6) is -0.267. The number of carbonyl (C=O) groups excluding carboxylic acids is 2. The van der Waals surface area contributed by atoms with Crippen molar-refractivity contribution in [2.45, 2.75) is 11.8 Å². The quantitative estimate of drug-likeness (QED) is 0.617. The third-order valence-corrected chi connectivity index (χ3v) is 6.29. The highest BCUT2D eigenvalue weighted by Gasteiger charge is 2.32. The Labute approximate surface area is 179 Å². The fourth-order valence-corrected chi connectivity index (χ4v) is 4.64. The van der Waals surface area contributed by atoms with Gasteiger partial charge in [0, 0.05) is 12.1 Å². The number of thioether (sulfide) groups is 1. The third kappa shape index (κ3) is 4.54. The molecule has 1 aliphatic heterocycles. The van der Waals surface area contributed by atoms with Crippen molar-refractivity contribution in [2.24, 2.45) is 0 Å². The van der Waals surface area contributed by atoms with Gasteiger partial charge in [0.05, 0.1) is 11.4 Å². The molecule has 0 radical (unpaired) electrons. The average Bonchev–Trinajstić information content (AvgIpc) is 3.15. The number of nitrogens with zero attached hydrogens (tertiary/aromatic N) is 1. The van der Waals surface area contributed by atoms with Gasteiger partial charge in [-0.1, -0.05) is 54.6 Å². The first-order chi connectivity index (χ1) is 14.6. The standard InChI is InChI=1S/C24H21FN2O2S/c25-20-8-4-5-9-21(20)26-23(29)18-10-12-19(13-11-18)24-27(22(28)16-30-24)15-14-17-6-2-1-3-7-17/h1-13,24H,14-16H2,(H,26,29)/t24-/m0/s1. The lowest BCUT2D eigenvalue weighted by atomic mass is 10.1. The Kier molecular flexibility index (Phi) is 6.14. The van der Waals surface area contributed by atoms with Crippen LogP contribution < -0.4 is 5.32 Å². The van der Waals surface area contributed by atoms with Gasteiger partial charge in [-0.25, -0.2) is 4.39 Å². The second kappa shape index (κ2) is 9.13. The summed E-state index contributed by atoms with van der Waals surface area (Å²) in [5, 5.41) is 2.52. The molecule has 1 saturated heterocycles. The molecular weight excluding hydrogens is 399 g/mol. The SMILES string of the molecule is O=C(Nc1ccccc1F)c1ccc([C@@H]2SCC(=O)N2CCc2ccccc2)cc1. The number of anilines is 1. The zero-order valence-corrected chi connectivity index (χ0v) is 17.1. The van der Waals surface area contributed by atoms with Crippen LogP contribution in [0.25, 0.3) is 0 Å². The maximum atomic E-state index is 13.8. The van der Waals surface area contributed by atoms with Crippen LogP contribution in [0.2, 0.25) is 0 Å². The van der Waals surface area contributed by atoms with Crippen LogP contribution in [0.5, 0.6) is 0 Å². The monoisotopic (exact) mass is 420 g/mol. The molecule has 1 fully saturated rings. The van der Waals surface area contributed by atoms with Gasteiger partial charge < -0.3 is 10.2 Å². The molecule has 6 heteroatoms. The van der Waals surface area contributed by atoms with Gasteiger partial charge >= 0.3 is 0 Å². The van der Waals surface area contributed by atoms with Gasteiger partial charge in [0.1, 0.15) is 11.2 Å². The van der Waals surface area contributed by atoms with E-state index in [1.807, 2.05) is 35.2 Å². The van der Waals surface area contributed by atoms with Crippen molar-refractivity contribution in [3.05, 3.63) is 101 Å². The van der Waals surface area contributed by atoms with Crippen LogP contribution >= 0.6 is 11.8 Å². The lowest BCUT2D eigenvalue weighted by Crippen LogP contribution is -2.30. The predicted molar refractivity (Wildman–Crippen MR) is 118 cm³/mol. The summed E-state index contributed by atoms with van der Waals surface area (Å²) >= 11 is 1.59. The molecule has 1 heterocycles. The van der Waals surface area contributed by atoms with Crippen molar-refractivity contribution in [1.82, 2.24) is 4.90 Å². The van der Waals surface area contributed by atoms with Crippen LogP contribution in [0.15, 0.2) is 78.9 Å². The molecular formula is C24H21FN2O2S. The normalized spacial score (nSPS) is 16.0. The molecule has 3 aromatic rings. The number of halogens is 1. The molecule has 1 N–H and O–H groups in total. The fraction of sp³-hybridized carbons (Fsp3) is 0.167. The highest BCUT2D eigenvalue weighted by atomic mass is 32.2.